The van der Waals surface area contributed by atoms with Crippen molar-refractivity contribution in [2.75, 3.05) is 0 Å². The van der Waals surface area contributed by atoms with Gasteiger partial charge in [-0.3, -0.25) is 0 Å². The second kappa shape index (κ2) is 3.72. The van der Waals surface area contributed by atoms with Gasteiger partial charge in [0, 0.05) is 23.0 Å². The number of allylic oxidation sites excluding steroid dienone is 2. The molecular formula is C16H16N2O2. The maximum absolute atomic E-state index is 10.6. The molecule has 2 N–H and O–H groups in total. The number of hydrogen-bond donors (Lipinski definition) is 2. The molecule has 0 saturated heterocycles. The molecule has 0 fully saturated rings. The van der Waals surface area contributed by atoms with Crippen LogP contribution in [0, 0.1) is 13.8 Å². The molecule has 0 radical (unpaired) electrons. The van der Waals surface area contributed by atoms with E-state index in [4.69, 9.17) is 0 Å². The summed E-state index contributed by atoms with van der Waals surface area (Å²) in [5, 5.41) is 21.2. The van der Waals surface area contributed by atoms with Crippen molar-refractivity contribution in [2.45, 2.75) is 38.5 Å². The van der Waals surface area contributed by atoms with Crippen molar-refractivity contribution in [3.63, 3.8) is 0 Å². The molecule has 20 heavy (non-hydrogen) atoms. The molecule has 2 bridgehead atoms. The zero-order chi connectivity index (χ0) is 14.0. The molecule has 0 saturated carbocycles. The smallest absolute Gasteiger partial charge is 0.147 e. The molecule has 0 unspecified atom stereocenters. The topological polar surface area (TPSA) is 66.2 Å². The highest BCUT2D eigenvalue weighted by molar-refractivity contribution is 5.91. The van der Waals surface area contributed by atoms with E-state index in [1.165, 1.54) is 0 Å². The van der Waals surface area contributed by atoms with E-state index in [1.807, 2.05) is 13.8 Å². The third kappa shape index (κ3) is 1.31. The van der Waals surface area contributed by atoms with Gasteiger partial charge in [0.1, 0.15) is 22.5 Å². The van der Waals surface area contributed by atoms with Crippen LogP contribution in [0.2, 0.25) is 0 Å². The molecule has 1 aromatic heterocycles. The molecule has 102 valence electrons. The predicted octanol–water partition coefficient (Wildman–Crippen LogP) is 3.19. The Morgan fingerprint density at radius 1 is 0.850 bits per heavy atom. The van der Waals surface area contributed by atoms with Gasteiger partial charge < -0.3 is 10.2 Å². The molecule has 5 rings (SSSR count). The maximum atomic E-state index is 10.6. The van der Waals surface area contributed by atoms with E-state index in [0.717, 1.165) is 35.4 Å². The second-order valence-electron chi connectivity index (χ2n) is 5.79. The van der Waals surface area contributed by atoms with E-state index >= 15 is 0 Å². The number of phenols is 2. The lowest BCUT2D eigenvalue weighted by atomic mass is 9.70. The van der Waals surface area contributed by atoms with Gasteiger partial charge in [-0.2, -0.15) is 0 Å². The highest BCUT2D eigenvalue weighted by atomic mass is 16.3. The van der Waals surface area contributed by atoms with Gasteiger partial charge in [0.15, 0.2) is 0 Å². The van der Waals surface area contributed by atoms with Gasteiger partial charge in [-0.15, -0.1) is 0 Å². The summed E-state index contributed by atoms with van der Waals surface area (Å²) in [5.41, 5.74) is 4.11. The van der Waals surface area contributed by atoms with Crippen LogP contribution in [0.4, 0.5) is 0 Å². The van der Waals surface area contributed by atoms with Crippen LogP contribution < -0.4 is 0 Å². The van der Waals surface area contributed by atoms with Crippen LogP contribution in [0.15, 0.2) is 12.2 Å². The van der Waals surface area contributed by atoms with Crippen molar-refractivity contribution in [3.8, 4) is 11.5 Å². The molecule has 3 aliphatic carbocycles. The van der Waals surface area contributed by atoms with Gasteiger partial charge in [0.25, 0.3) is 0 Å². The normalized spacial score (nSPS) is 23.3. The van der Waals surface area contributed by atoms with Crippen molar-refractivity contribution in [1.82, 2.24) is 9.97 Å². The van der Waals surface area contributed by atoms with Gasteiger partial charge in [0.05, 0.1) is 11.4 Å². The summed E-state index contributed by atoms with van der Waals surface area (Å²) >= 11 is 0. The number of aromatic hydroxyl groups is 2. The average molecular weight is 268 g/mol. The summed E-state index contributed by atoms with van der Waals surface area (Å²) in [4.78, 5) is 8.86. The number of hydrogen-bond acceptors (Lipinski definition) is 4. The molecule has 4 heteroatoms. The number of phenolic OH excluding ortho intramolecular Hbond substituents is 2. The molecule has 0 spiro atoms. The zero-order valence-corrected chi connectivity index (χ0v) is 11.5. The quantitative estimate of drug-likeness (QED) is 0.569. The number of aryl methyl sites for hydroxylation is 2. The fourth-order valence-corrected chi connectivity index (χ4v) is 3.50. The van der Waals surface area contributed by atoms with Crippen LogP contribution in [-0.2, 0) is 0 Å². The summed E-state index contributed by atoms with van der Waals surface area (Å²) in [6, 6.07) is 0. The van der Waals surface area contributed by atoms with Crippen molar-refractivity contribution < 1.29 is 10.2 Å². The third-order valence-corrected chi connectivity index (χ3v) is 4.66. The first-order valence-electron chi connectivity index (χ1n) is 6.99. The van der Waals surface area contributed by atoms with Gasteiger partial charge in [0.2, 0.25) is 0 Å². The van der Waals surface area contributed by atoms with Crippen molar-refractivity contribution >= 4 is 11.0 Å². The number of nitrogens with zero attached hydrogens (tertiary/aromatic N) is 2. The Bertz CT molecular complexity index is 716. The lowest BCUT2D eigenvalue weighted by molar-refractivity contribution is 0.427. The standard InChI is InChI=1S/C16H16N2O2/c1-7-8(2)18-14-13(17-7)15(19)11-9-3-5-10(6-4-9)12(11)16(14)20/h3,5,9-10,19-20H,4,6H2,1-2H3/t9-,10-/m1/s1. The van der Waals surface area contributed by atoms with Crippen LogP contribution in [0.3, 0.4) is 0 Å². The molecular weight excluding hydrogens is 252 g/mol. The summed E-state index contributed by atoms with van der Waals surface area (Å²) in [6.45, 7) is 3.73. The number of rotatable bonds is 0. The van der Waals surface area contributed by atoms with E-state index in [1.54, 1.807) is 0 Å². The highest BCUT2D eigenvalue weighted by Crippen LogP contribution is 2.54. The van der Waals surface area contributed by atoms with Gasteiger partial charge >= 0.3 is 0 Å². The predicted molar refractivity (Wildman–Crippen MR) is 76.2 cm³/mol. The lowest BCUT2D eigenvalue weighted by Gasteiger charge is -2.34. The third-order valence-electron chi connectivity index (χ3n) is 4.66. The summed E-state index contributed by atoms with van der Waals surface area (Å²) in [6.07, 6.45) is 6.31. The Kier molecular flexibility index (Phi) is 2.18. The number of fused-ring (bicyclic) bond motifs is 2. The molecule has 4 nitrogen and oxygen atoms in total. The minimum absolute atomic E-state index is 0.189. The van der Waals surface area contributed by atoms with E-state index in [9.17, 15) is 10.2 Å². The Balaban J connectivity index is 2.17. The average Bonchev–Trinajstić information content (AvgIpc) is 2.47. The Hall–Kier alpha value is -2.10. The van der Waals surface area contributed by atoms with Crippen molar-refractivity contribution in [2.24, 2.45) is 0 Å². The first-order chi connectivity index (χ1) is 9.58. The zero-order valence-electron chi connectivity index (χ0n) is 11.5. The lowest BCUT2D eigenvalue weighted by Crippen LogP contribution is -2.18. The summed E-state index contributed by atoms with van der Waals surface area (Å²) in [5.74, 6) is 0.771. The number of benzene rings is 1. The highest BCUT2D eigenvalue weighted by Gasteiger charge is 2.36. The molecule has 0 aliphatic heterocycles. The molecule has 1 aromatic carbocycles. The largest absolute Gasteiger partial charge is 0.505 e. The molecule has 1 heterocycles. The van der Waals surface area contributed by atoms with Crippen LogP contribution >= 0.6 is 0 Å². The molecule has 2 aromatic rings. The van der Waals surface area contributed by atoms with E-state index < -0.39 is 0 Å². The Morgan fingerprint density at radius 2 is 1.25 bits per heavy atom. The fourth-order valence-electron chi connectivity index (χ4n) is 3.50. The SMILES string of the molecule is Cc1nc2c(O)c3c(c(O)c2nc1C)[C@@H]1C=C[C@@H]3CC1. The Labute approximate surface area is 116 Å². The van der Waals surface area contributed by atoms with Crippen LogP contribution in [0.5, 0.6) is 11.5 Å². The molecule has 0 amide bonds. The van der Waals surface area contributed by atoms with E-state index in [2.05, 4.69) is 22.1 Å². The van der Waals surface area contributed by atoms with Crippen LogP contribution in [0.25, 0.3) is 11.0 Å². The van der Waals surface area contributed by atoms with Crippen molar-refractivity contribution in [1.29, 1.82) is 0 Å². The molecule has 2 atom stereocenters. The first-order valence-corrected chi connectivity index (χ1v) is 6.99. The summed E-state index contributed by atoms with van der Waals surface area (Å²) in [7, 11) is 0. The molecule has 3 aliphatic rings. The fraction of sp³-hybridized carbons (Fsp3) is 0.375. The number of aromatic nitrogens is 2. The van der Waals surface area contributed by atoms with Gasteiger partial charge in [-0.25, -0.2) is 9.97 Å². The maximum Gasteiger partial charge on any atom is 0.147 e. The van der Waals surface area contributed by atoms with Crippen molar-refractivity contribution in [3.05, 3.63) is 34.7 Å². The van der Waals surface area contributed by atoms with Crippen LogP contribution in [-0.4, -0.2) is 20.2 Å². The minimum atomic E-state index is 0.189. The van der Waals surface area contributed by atoms with E-state index in [-0.39, 0.29) is 23.3 Å². The minimum Gasteiger partial charge on any atom is -0.505 e. The van der Waals surface area contributed by atoms with Gasteiger partial charge in [-0.05, 0) is 26.7 Å². The van der Waals surface area contributed by atoms with E-state index in [0.29, 0.717) is 11.0 Å². The van der Waals surface area contributed by atoms with Crippen LogP contribution in [0.1, 0.15) is 47.2 Å². The second-order valence-corrected chi connectivity index (χ2v) is 5.79. The summed E-state index contributed by atoms with van der Waals surface area (Å²) < 4.78 is 0. The Morgan fingerprint density at radius 3 is 1.60 bits per heavy atom. The first kappa shape index (κ1) is 11.7. The van der Waals surface area contributed by atoms with Gasteiger partial charge in [-0.1, -0.05) is 12.2 Å². The monoisotopic (exact) mass is 268 g/mol.